The van der Waals surface area contributed by atoms with E-state index in [1.165, 1.54) is 0 Å². The molecule has 0 spiro atoms. The van der Waals surface area contributed by atoms with Crippen LogP contribution in [0, 0.1) is 0 Å². The van der Waals surface area contributed by atoms with E-state index in [1.54, 1.807) is 0 Å². The van der Waals surface area contributed by atoms with E-state index in [9.17, 15) is 0 Å². The van der Waals surface area contributed by atoms with Gasteiger partial charge < -0.3 is 22.1 Å². The Hall–Kier alpha value is -0.740. The van der Waals surface area contributed by atoms with Crippen molar-refractivity contribution in [3.63, 3.8) is 0 Å². The standard InChI is InChI=1S/C6H12N2.2H3N/c1-3-8-5-4-7(2)6-8;;/h4-5H,3,6H2,1-2H3;2*1H3. The van der Waals surface area contributed by atoms with Crippen LogP contribution in [0.2, 0.25) is 0 Å². The molecule has 62 valence electrons. The lowest BCUT2D eigenvalue weighted by molar-refractivity contribution is 0.308. The summed E-state index contributed by atoms with van der Waals surface area (Å²) in [5.41, 5.74) is 0. The Morgan fingerprint density at radius 2 is 1.90 bits per heavy atom. The zero-order valence-electron chi connectivity index (χ0n) is 6.88. The van der Waals surface area contributed by atoms with Gasteiger partial charge in [-0.2, -0.15) is 0 Å². The van der Waals surface area contributed by atoms with Crippen LogP contribution in [-0.2, 0) is 0 Å². The van der Waals surface area contributed by atoms with Crippen molar-refractivity contribution in [2.24, 2.45) is 0 Å². The van der Waals surface area contributed by atoms with Crippen molar-refractivity contribution in [2.45, 2.75) is 6.92 Å². The summed E-state index contributed by atoms with van der Waals surface area (Å²) in [6.45, 7) is 4.32. The van der Waals surface area contributed by atoms with Crippen LogP contribution in [0.15, 0.2) is 12.4 Å². The van der Waals surface area contributed by atoms with Crippen molar-refractivity contribution in [2.75, 3.05) is 20.3 Å². The van der Waals surface area contributed by atoms with Crippen LogP contribution in [0.25, 0.3) is 0 Å². The molecular formula is C6H18N4. The highest BCUT2D eigenvalue weighted by Crippen LogP contribution is 2.00. The molecule has 0 aromatic rings. The lowest BCUT2D eigenvalue weighted by Crippen LogP contribution is -2.21. The second kappa shape index (κ2) is 5.08. The first-order valence-corrected chi connectivity index (χ1v) is 2.95. The van der Waals surface area contributed by atoms with Crippen LogP contribution in [-0.4, -0.2) is 30.1 Å². The third-order valence-electron chi connectivity index (χ3n) is 1.34. The number of nitrogens with zero attached hydrogens (tertiary/aromatic N) is 2. The van der Waals surface area contributed by atoms with Crippen LogP contribution >= 0.6 is 0 Å². The van der Waals surface area contributed by atoms with E-state index in [0.29, 0.717) is 0 Å². The predicted molar refractivity (Wildman–Crippen MR) is 44.2 cm³/mol. The van der Waals surface area contributed by atoms with E-state index in [1.807, 2.05) is 0 Å². The summed E-state index contributed by atoms with van der Waals surface area (Å²) in [7, 11) is 2.08. The molecule has 0 aromatic heterocycles. The maximum atomic E-state index is 2.25. The van der Waals surface area contributed by atoms with Crippen molar-refractivity contribution in [3.8, 4) is 0 Å². The summed E-state index contributed by atoms with van der Waals surface area (Å²) < 4.78 is 0. The Morgan fingerprint density at radius 1 is 1.30 bits per heavy atom. The molecule has 4 nitrogen and oxygen atoms in total. The molecule has 0 saturated carbocycles. The zero-order chi connectivity index (χ0) is 5.98. The van der Waals surface area contributed by atoms with Gasteiger partial charge in [-0.15, -0.1) is 0 Å². The van der Waals surface area contributed by atoms with Crippen molar-refractivity contribution >= 4 is 0 Å². The molecule has 0 bridgehead atoms. The third kappa shape index (κ3) is 2.70. The van der Waals surface area contributed by atoms with Gasteiger partial charge in [0, 0.05) is 26.0 Å². The smallest absolute Gasteiger partial charge is 0.0890 e. The summed E-state index contributed by atoms with van der Waals surface area (Å²) >= 11 is 0. The SMILES string of the molecule is CCN1C=CN(C)C1.N.N. The molecule has 1 heterocycles. The second-order valence-corrected chi connectivity index (χ2v) is 2.10. The fourth-order valence-corrected chi connectivity index (χ4v) is 0.794. The predicted octanol–water partition coefficient (Wildman–Crippen LogP) is 1.01. The Kier molecular flexibility index (Phi) is 6.09. The third-order valence-corrected chi connectivity index (χ3v) is 1.34. The minimum Gasteiger partial charge on any atom is -0.362 e. The summed E-state index contributed by atoms with van der Waals surface area (Å²) in [6, 6.07) is 0. The van der Waals surface area contributed by atoms with E-state index in [0.717, 1.165) is 13.2 Å². The quantitative estimate of drug-likeness (QED) is 0.578. The maximum Gasteiger partial charge on any atom is 0.0890 e. The van der Waals surface area contributed by atoms with Gasteiger partial charge in [-0.25, -0.2) is 0 Å². The minimum absolute atomic E-state index is 0. The molecule has 10 heavy (non-hydrogen) atoms. The average Bonchev–Trinajstić information content (AvgIpc) is 2.14. The van der Waals surface area contributed by atoms with Crippen LogP contribution in [0.5, 0.6) is 0 Å². The average molecular weight is 146 g/mol. The highest BCUT2D eigenvalue weighted by atomic mass is 15.3. The van der Waals surface area contributed by atoms with Crippen molar-refractivity contribution in [1.82, 2.24) is 22.1 Å². The van der Waals surface area contributed by atoms with Crippen molar-refractivity contribution in [3.05, 3.63) is 12.4 Å². The highest BCUT2D eigenvalue weighted by Gasteiger charge is 2.03. The molecule has 0 amide bonds. The van der Waals surface area contributed by atoms with Crippen LogP contribution in [0.4, 0.5) is 0 Å². The molecule has 0 saturated heterocycles. The molecule has 0 unspecified atom stereocenters. The zero-order valence-corrected chi connectivity index (χ0v) is 6.88. The first kappa shape index (κ1) is 12.0. The summed E-state index contributed by atoms with van der Waals surface area (Å²) in [5, 5.41) is 0. The number of rotatable bonds is 1. The molecule has 4 heteroatoms. The van der Waals surface area contributed by atoms with Crippen LogP contribution in [0.3, 0.4) is 0 Å². The first-order valence-electron chi connectivity index (χ1n) is 2.95. The summed E-state index contributed by atoms with van der Waals surface area (Å²) in [4.78, 5) is 4.41. The normalized spacial score (nSPS) is 14.6. The molecule has 1 aliphatic rings. The van der Waals surface area contributed by atoms with Crippen LogP contribution in [0.1, 0.15) is 6.92 Å². The number of hydrogen-bond acceptors (Lipinski definition) is 4. The monoisotopic (exact) mass is 146 g/mol. The molecule has 0 fully saturated rings. The molecule has 0 aromatic carbocycles. The van der Waals surface area contributed by atoms with E-state index < -0.39 is 0 Å². The molecule has 6 N–H and O–H groups in total. The topological polar surface area (TPSA) is 76.5 Å². The van der Waals surface area contributed by atoms with Gasteiger partial charge in [0.2, 0.25) is 0 Å². The van der Waals surface area contributed by atoms with Gasteiger partial charge in [0.05, 0.1) is 6.67 Å². The highest BCUT2D eigenvalue weighted by molar-refractivity contribution is 4.87. The minimum atomic E-state index is 0. The van der Waals surface area contributed by atoms with Gasteiger partial charge in [0.25, 0.3) is 0 Å². The van der Waals surface area contributed by atoms with Gasteiger partial charge in [0.15, 0.2) is 0 Å². The van der Waals surface area contributed by atoms with E-state index >= 15 is 0 Å². The first-order chi connectivity index (χ1) is 3.83. The maximum absolute atomic E-state index is 2.25. The van der Waals surface area contributed by atoms with Gasteiger partial charge in [-0.1, -0.05) is 0 Å². The van der Waals surface area contributed by atoms with Crippen LogP contribution < -0.4 is 12.3 Å². The van der Waals surface area contributed by atoms with E-state index in [4.69, 9.17) is 0 Å². The largest absolute Gasteiger partial charge is 0.362 e. The molecule has 0 atom stereocenters. The van der Waals surface area contributed by atoms with E-state index in [2.05, 4.69) is 36.2 Å². The summed E-state index contributed by atoms with van der Waals surface area (Å²) in [6.07, 6.45) is 4.20. The fourth-order valence-electron chi connectivity index (χ4n) is 0.794. The van der Waals surface area contributed by atoms with Gasteiger partial charge in [0.1, 0.15) is 0 Å². The Labute approximate surface area is 62.7 Å². The molecule has 0 aliphatic carbocycles. The van der Waals surface area contributed by atoms with Gasteiger partial charge >= 0.3 is 0 Å². The van der Waals surface area contributed by atoms with Crippen molar-refractivity contribution in [1.29, 1.82) is 0 Å². The lowest BCUT2D eigenvalue weighted by Gasteiger charge is -2.14. The second-order valence-electron chi connectivity index (χ2n) is 2.10. The van der Waals surface area contributed by atoms with E-state index in [-0.39, 0.29) is 12.3 Å². The van der Waals surface area contributed by atoms with Crippen molar-refractivity contribution < 1.29 is 0 Å². The Balaban J connectivity index is 0. The Morgan fingerprint density at radius 3 is 2.10 bits per heavy atom. The fraction of sp³-hybridized carbons (Fsp3) is 0.667. The molecule has 1 rings (SSSR count). The van der Waals surface area contributed by atoms with Gasteiger partial charge in [-0.3, -0.25) is 0 Å². The molecular weight excluding hydrogens is 128 g/mol. The summed E-state index contributed by atoms with van der Waals surface area (Å²) in [5.74, 6) is 0. The molecule has 0 radical (unpaired) electrons. The Bertz CT molecular complexity index is 102. The van der Waals surface area contributed by atoms with Gasteiger partial charge in [-0.05, 0) is 6.92 Å². The lowest BCUT2D eigenvalue weighted by atomic mass is 10.6. The number of hydrogen-bond donors (Lipinski definition) is 2. The molecule has 1 aliphatic heterocycles.